The largest absolute Gasteiger partial charge is 0.297 e. The molecule has 6 heteroatoms. The number of benzene rings is 1. The van der Waals surface area contributed by atoms with Crippen LogP contribution in [0.5, 0.6) is 0 Å². The zero-order chi connectivity index (χ0) is 14.6. The lowest BCUT2D eigenvalue weighted by Crippen LogP contribution is -2.08. The number of nitrogens with zero attached hydrogens (tertiary/aromatic N) is 1. The van der Waals surface area contributed by atoms with Crippen LogP contribution in [-0.4, -0.2) is 13.4 Å². The Morgan fingerprint density at radius 2 is 1.90 bits per heavy atom. The second-order valence-electron chi connectivity index (χ2n) is 4.17. The average molecular weight is 295 g/mol. The van der Waals surface area contributed by atoms with Crippen LogP contribution >= 0.6 is 0 Å². The van der Waals surface area contributed by atoms with Crippen LogP contribution in [0.15, 0.2) is 47.5 Å². The minimum Gasteiger partial charge on any atom is -0.261 e. The van der Waals surface area contributed by atoms with Crippen molar-refractivity contribution in [3.63, 3.8) is 0 Å². The number of pyridine rings is 1. The summed E-state index contributed by atoms with van der Waals surface area (Å²) >= 11 is 0. The number of aromatic nitrogens is 1. The van der Waals surface area contributed by atoms with Crippen LogP contribution in [-0.2, 0) is 27.3 Å². The van der Waals surface area contributed by atoms with Gasteiger partial charge in [0, 0.05) is 11.8 Å². The zero-order valence-corrected chi connectivity index (χ0v) is 11.7. The molecule has 0 amide bonds. The van der Waals surface area contributed by atoms with Crippen molar-refractivity contribution in [3.05, 3.63) is 59.7 Å². The Morgan fingerprint density at radius 1 is 1.20 bits per heavy atom. The summed E-state index contributed by atoms with van der Waals surface area (Å²) in [6.07, 6.45) is 2.11. The van der Waals surface area contributed by atoms with E-state index in [1.54, 1.807) is 12.1 Å². The molecule has 1 heterocycles. The first kappa shape index (κ1) is 14.6. The minimum atomic E-state index is -3.89. The topological polar surface area (TPSA) is 56.3 Å². The van der Waals surface area contributed by atoms with Crippen LogP contribution in [0.25, 0.3) is 0 Å². The van der Waals surface area contributed by atoms with Crippen molar-refractivity contribution in [2.75, 3.05) is 0 Å². The normalized spacial score (nSPS) is 11.5. The monoisotopic (exact) mass is 295 g/mol. The molecule has 0 spiro atoms. The molecule has 0 radical (unpaired) electrons. The molecule has 1 aromatic heterocycles. The van der Waals surface area contributed by atoms with Crippen molar-refractivity contribution in [2.45, 2.75) is 24.8 Å². The van der Waals surface area contributed by atoms with E-state index in [-0.39, 0.29) is 17.1 Å². The highest BCUT2D eigenvalue weighted by Crippen LogP contribution is 2.16. The molecule has 2 rings (SSSR count). The number of halogens is 1. The fraction of sp³-hybridized carbons (Fsp3) is 0.214. The van der Waals surface area contributed by atoms with Crippen LogP contribution in [0.3, 0.4) is 0 Å². The molecule has 0 aliphatic carbocycles. The molecule has 0 aliphatic heterocycles. The van der Waals surface area contributed by atoms with Crippen LogP contribution in [0.4, 0.5) is 4.39 Å². The van der Waals surface area contributed by atoms with Crippen molar-refractivity contribution in [3.8, 4) is 0 Å². The zero-order valence-electron chi connectivity index (χ0n) is 10.9. The second-order valence-corrected chi connectivity index (χ2v) is 5.78. The van der Waals surface area contributed by atoms with E-state index >= 15 is 0 Å². The van der Waals surface area contributed by atoms with E-state index in [9.17, 15) is 12.8 Å². The van der Waals surface area contributed by atoms with E-state index in [4.69, 9.17) is 4.18 Å². The highest BCUT2D eigenvalue weighted by atomic mass is 32.2. The summed E-state index contributed by atoms with van der Waals surface area (Å²) in [5, 5.41) is 0. The van der Waals surface area contributed by atoms with Crippen LogP contribution in [0.2, 0.25) is 0 Å². The van der Waals surface area contributed by atoms with E-state index in [1.807, 2.05) is 6.92 Å². The van der Waals surface area contributed by atoms with Gasteiger partial charge in [-0.25, -0.2) is 4.98 Å². The van der Waals surface area contributed by atoms with Gasteiger partial charge in [-0.1, -0.05) is 25.1 Å². The third-order valence-corrected chi connectivity index (χ3v) is 4.10. The summed E-state index contributed by atoms with van der Waals surface area (Å²) in [6, 6.07) is 9.35. The smallest absolute Gasteiger partial charge is 0.261 e. The summed E-state index contributed by atoms with van der Waals surface area (Å²) in [4.78, 5) is 3.49. The highest BCUT2D eigenvalue weighted by Gasteiger charge is 2.16. The van der Waals surface area contributed by atoms with Crippen molar-refractivity contribution < 1.29 is 17.0 Å². The molecule has 0 atom stereocenters. The number of hydrogen-bond acceptors (Lipinski definition) is 4. The van der Waals surface area contributed by atoms with Crippen molar-refractivity contribution >= 4 is 10.1 Å². The molecule has 0 aliphatic rings. The van der Waals surface area contributed by atoms with E-state index in [1.165, 1.54) is 30.5 Å². The fourth-order valence-electron chi connectivity index (χ4n) is 1.63. The fourth-order valence-corrected chi connectivity index (χ4v) is 2.52. The van der Waals surface area contributed by atoms with Gasteiger partial charge in [-0.05, 0) is 30.2 Å². The predicted molar refractivity (Wildman–Crippen MR) is 72.0 cm³/mol. The second kappa shape index (κ2) is 6.11. The highest BCUT2D eigenvalue weighted by molar-refractivity contribution is 7.86. The maximum atomic E-state index is 13.3. The summed E-state index contributed by atoms with van der Waals surface area (Å²) in [7, 11) is -3.89. The first-order valence-corrected chi connectivity index (χ1v) is 7.51. The molecule has 1 aromatic carbocycles. The minimum absolute atomic E-state index is 0.0546. The van der Waals surface area contributed by atoms with Gasteiger partial charge in [0.05, 0.1) is 11.5 Å². The lowest BCUT2D eigenvalue weighted by atomic mass is 10.2. The SMILES string of the molecule is CCc1ccc(S(=O)(=O)OCc2cccnc2F)cc1. The van der Waals surface area contributed by atoms with Crippen molar-refractivity contribution in [1.29, 1.82) is 0 Å². The molecule has 0 bridgehead atoms. The molecule has 0 fully saturated rings. The lowest BCUT2D eigenvalue weighted by molar-refractivity contribution is 0.300. The van der Waals surface area contributed by atoms with Crippen LogP contribution in [0, 0.1) is 5.95 Å². The average Bonchev–Trinajstić information content (AvgIpc) is 2.46. The molecule has 0 unspecified atom stereocenters. The molecule has 4 nitrogen and oxygen atoms in total. The van der Waals surface area contributed by atoms with Crippen LogP contribution < -0.4 is 0 Å². The Hall–Kier alpha value is -1.79. The van der Waals surface area contributed by atoms with E-state index in [0.29, 0.717) is 0 Å². The van der Waals surface area contributed by atoms with E-state index < -0.39 is 16.1 Å². The molecular weight excluding hydrogens is 281 g/mol. The number of aryl methyl sites for hydroxylation is 1. The Bertz CT molecular complexity index is 684. The van der Waals surface area contributed by atoms with Gasteiger partial charge >= 0.3 is 0 Å². The standard InChI is InChI=1S/C14H14FNO3S/c1-2-11-5-7-13(8-6-11)20(17,18)19-10-12-4-3-9-16-14(12)15/h3-9H,2,10H2,1H3. The quantitative estimate of drug-likeness (QED) is 0.628. The first-order chi connectivity index (χ1) is 9.53. The summed E-state index contributed by atoms with van der Waals surface area (Å²) in [6.45, 7) is 1.60. The molecular formula is C14H14FNO3S. The third kappa shape index (κ3) is 3.40. The van der Waals surface area contributed by atoms with Gasteiger partial charge in [-0.3, -0.25) is 4.18 Å². The van der Waals surface area contributed by atoms with Gasteiger partial charge in [0.2, 0.25) is 5.95 Å². The van der Waals surface area contributed by atoms with E-state index in [2.05, 4.69) is 4.98 Å². The van der Waals surface area contributed by atoms with Gasteiger partial charge in [-0.15, -0.1) is 0 Å². The third-order valence-electron chi connectivity index (χ3n) is 2.83. The molecule has 106 valence electrons. The molecule has 0 N–H and O–H groups in total. The molecule has 0 saturated carbocycles. The summed E-state index contributed by atoms with van der Waals surface area (Å²) in [5.41, 5.74) is 1.13. The Balaban J connectivity index is 2.13. The van der Waals surface area contributed by atoms with Crippen LogP contribution in [0.1, 0.15) is 18.1 Å². The maximum absolute atomic E-state index is 13.3. The molecule has 20 heavy (non-hydrogen) atoms. The number of rotatable bonds is 5. The molecule has 2 aromatic rings. The van der Waals surface area contributed by atoms with Crippen molar-refractivity contribution in [1.82, 2.24) is 4.98 Å². The molecule has 0 saturated heterocycles. The van der Waals surface area contributed by atoms with E-state index in [0.717, 1.165) is 12.0 Å². The Kier molecular flexibility index (Phi) is 4.46. The van der Waals surface area contributed by atoms with Gasteiger partial charge in [0.1, 0.15) is 0 Å². The van der Waals surface area contributed by atoms with Gasteiger partial charge in [-0.2, -0.15) is 12.8 Å². The van der Waals surface area contributed by atoms with Gasteiger partial charge in [0.25, 0.3) is 10.1 Å². The maximum Gasteiger partial charge on any atom is 0.297 e. The number of hydrogen-bond donors (Lipinski definition) is 0. The Labute approximate surface area is 117 Å². The summed E-state index contributed by atoms with van der Waals surface area (Å²) < 4.78 is 42.0. The lowest BCUT2D eigenvalue weighted by Gasteiger charge is -2.06. The Morgan fingerprint density at radius 3 is 2.50 bits per heavy atom. The first-order valence-electron chi connectivity index (χ1n) is 6.10. The van der Waals surface area contributed by atoms with Gasteiger partial charge in [0.15, 0.2) is 0 Å². The van der Waals surface area contributed by atoms with Gasteiger partial charge < -0.3 is 0 Å². The summed E-state index contributed by atoms with van der Waals surface area (Å²) in [5.74, 6) is -0.732. The van der Waals surface area contributed by atoms with Crippen molar-refractivity contribution in [2.24, 2.45) is 0 Å². The predicted octanol–water partition coefficient (Wildman–Crippen LogP) is 2.69.